The molecule has 1 saturated carbocycles. The Morgan fingerprint density at radius 3 is 2.56 bits per heavy atom. The molecule has 2 aliphatic heterocycles. The fraction of sp³-hybridized carbons (Fsp3) is 0.722. The van der Waals surface area contributed by atoms with Crippen molar-refractivity contribution in [3.8, 4) is 0 Å². The molecule has 1 aliphatic carbocycles. The van der Waals surface area contributed by atoms with E-state index < -0.39 is 0 Å². The second-order valence-electron chi connectivity index (χ2n) is 7.31. The van der Waals surface area contributed by atoms with E-state index in [9.17, 15) is 9.59 Å². The molecule has 1 atom stereocenters. The summed E-state index contributed by atoms with van der Waals surface area (Å²) >= 11 is 0. The molecule has 0 radical (unpaired) electrons. The van der Waals surface area contributed by atoms with Crippen molar-refractivity contribution in [1.82, 2.24) is 14.8 Å². The zero-order valence-corrected chi connectivity index (χ0v) is 14.6. The van der Waals surface area contributed by atoms with Crippen LogP contribution in [0.15, 0.2) is 10.7 Å². The van der Waals surface area contributed by atoms with Gasteiger partial charge in [-0.15, -0.1) is 0 Å². The Balaban J connectivity index is 1.46. The summed E-state index contributed by atoms with van der Waals surface area (Å²) in [6.07, 6.45) is 6.05. The van der Waals surface area contributed by atoms with Crippen molar-refractivity contribution < 1.29 is 18.7 Å². The number of oxazole rings is 1. The number of likely N-dealkylation sites (tertiary alicyclic amines) is 1. The number of hydrogen-bond donors (Lipinski definition) is 0. The summed E-state index contributed by atoms with van der Waals surface area (Å²) in [5, 5.41) is 0. The average Bonchev–Trinajstić information content (AvgIpc) is 3.22. The molecule has 3 fully saturated rings. The van der Waals surface area contributed by atoms with Crippen LogP contribution in [0, 0.1) is 12.8 Å². The van der Waals surface area contributed by atoms with Crippen LogP contribution in [-0.2, 0) is 9.53 Å². The minimum Gasteiger partial charge on any atom is -0.448 e. The molecule has 4 rings (SSSR count). The van der Waals surface area contributed by atoms with Crippen molar-refractivity contribution in [2.45, 2.75) is 51.1 Å². The minimum absolute atomic E-state index is 0.105. The molecule has 7 nitrogen and oxygen atoms in total. The third-order valence-electron chi connectivity index (χ3n) is 5.45. The number of amides is 2. The second-order valence-corrected chi connectivity index (χ2v) is 7.31. The minimum atomic E-state index is -0.106. The molecule has 0 bridgehead atoms. The van der Waals surface area contributed by atoms with Gasteiger partial charge in [0.25, 0.3) is 5.91 Å². The number of hydrogen-bond acceptors (Lipinski definition) is 5. The first-order chi connectivity index (χ1) is 12.1. The number of nitrogens with zero attached hydrogens (tertiary/aromatic N) is 3. The summed E-state index contributed by atoms with van der Waals surface area (Å²) in [5.41, 5.74) is 0.351. The average molecular weight is 347 g/mol. The van der Waals surface area contributed by atoms with Gasteiger partial charge in [-0.3, -0.25) is 9.59 Å². The van der Waals surface area contributed by atoms with Gasteiger partial charge in [0.05, 0.1) is 6.04 Å². The molecular weight excluding hydrogens is 322 g/mol. The number of ether oxygens (including phenoxy) is 1. The largest absolute Gasteiger partial charge is 0.448 e. The highest BCUT2D eigenvalue weighted by Crippen LogP contribution is 2.35. The highest BCUT2D eigenvalue weighted by atomic mass is 16.5. The van der Waals surface area contributed by atoms with Crippen LogP contribution in [0.25, 0.3) is 0 Å². The van der Waals surface area contributed by atoms with Gasteiger partial charge < -0.3 is 19.0 Å². The molecule has 2 amide bonds. The van der Waals surface area contributed by atoms with Crippen LogP contribution in [0.3, 0.4) is 0 Å². The first-order valence-electron chi connectivity index (χ1n) is 9.25. The number of rotatable bonds is 4. The quantitative estimate of drug-likeness (QED) is 0.827. The third kappa shape index (κ3) is 3.42. The molecule has 25 heavy (non-hydrogen) atoms. The summed E-state index contributed by atoms with van der Waals surface area (Å²) in [6, 6.07) is 0.351. The van der Waals surface area contributed by atoms with Crippen molar-refractivity contribution in [3.63, 3.8) is 0 Å². The predicted octanol–water partition coefficient (Wildman–Crippen LogP) is 1.62. The van der Waals surface area contributed by atoms with E-state index in [-0.39, 0.29) is 29.8 Å². The maximum atomic E-state index is 12.9. The number of carbonyl (C=O) groups excluding carboxylic acids is 2. The van der Waals surface area contributed by atoms with Gasteiger partial charge in [0.2, 0.25) is 5.91 Å². The van der Waals surface area contributed by atoms with E-state index in [4.69, 9.17) is 9.15 Å². The van der Waals surface area contributed by atoms with Crippen molar-refractivity contribution >= 4 is 11.8 Å². The van der Waals surface area contributed by atoms with Crippen LogP contribution in [-0.4, -0.2) is 65.0 Å². The Labute approximate surface area is 147 Å². The van der Waals surface area contributed by atoms with Gasteiger partial charge in [-0.1, -0.05) is 0 Å². The number of carbonyl (C=O) groups is 2. The van der Waals surface area contributed by atoms with Crippen LogP contribution in [0.5, 0.6) is 0 Å². The Bertz CT molecular complexity index is 649. The van der Waals surface area contributed by atoms with E-state index in [1.807, 2.05) is 0 Å². The van der Waals surface area contributed by atoms with Crippen molar-refractivity contribution in [1.29, 1.82) is 0 Å². The van der Waals surface area contributed by atoms with Gasteiger partial charge in [0.1, 0.15) is 6.26 Å². The molecule has 0 aromatic carbocycles. The maximum absolute atomic E-state index is 12.9. The van der Waals surface area contributed by atoms with E-state index in [0.29, 0.717) is 37.9 Å². The topological polar surface area (TPSA) is 75.9 Å². The summed E-state index contributed by atoms with van der Waals surface area (Å²) in [4.78, 5) is 33.5. The highest BCUT2D eigenvalue weighted by molar-refractivity contribution is 5.92. The molecule has 0 spiro atoms. The van der Waals surface area contributed by atoms with E-state index in [2.05, 4.69) is 9.88 Å². The SMILES string of the molecule is Cc1nc(C(=O)N2CCC(N(C(=O)C3CC3)C3CCOCC3)C2)co1. The summed E-state index contributed by atoms with van der Waals surface area (Å²) in [5.74, 6) is 0.867. The monoisotopic (exact) mass is 347 g/mol. The molecule has 1 aromatic heterocycles. The van der Waals surface area contributed by atoms with Gasteiger partial charge in [-0.25, -0.2) is 4.98 Å². The standard InChI is InChI=1S/C18H25N3O4/c1-12-19-16(11-25-12)18(23)20-7-4-15(10-20)21(17(22)13-2-3-13)14-5-8-24-9-6-14/h11,13-15H,2-10H2,1H3. The van der Waals surface area contributed by atoms with E-state index in [1.54, 1.807) is 11.8 Å². The zero-order chi connectivity index (χ0) is 17.4. The summed E-state index contributed by atoms with van der Waals surface area (Å²) in [6.45, 7) is 4.40. The van der Waals surface area contributed by atoms with Crippen LogP contribution in [0.4, 0.5) is 0 Å². The van der Waals surface area contributed by atoms with Gasteiger partial charge in [0.15, 0.2) is 11.6 Å². The lowest BCUT2D eigenvalue weighted by Gasteiger charge is -2.38. The van der Waals surface area contributed by atoms with E-state index in [0.717, 1.165) is 32.1 Å². The lowest BCUT2D eigenvalue weighted by Crippen LogP contribution is -2.51. The van der Waals surface area contributed by atoms with E-state index in [1.165, 1.54) is 6.26 Å². The molecule has 136 valence electrons. The molecule has 3 heterocycles. The van der Waals surface area contributed by atoms with Gasteiger partial charge in [-0.2, -0.15) is 0 Å². The molecule has 1 unspecified atom stereocenters. The Hall–Kier alpha value is -1.89. The lowest BCUT2D eigenvalue weighted by atomic mass is 10.0. The Morgan fingerprint density at radius 2 is 1.92 bits per heavy atom. The van der Waals surface area contributed by atoms with Crippen LogP contribution in [0.2, 0.25) is 0 Å². The molecule has 2 saturated heterocycles. The third-order valence-corrected chi connectivity index (χ3v) is 5.45. The van der Waals surface area contributed by atoms with Crippen LogP contribution < -0.4 is 0 Å². The van der Waals surface area contributed by atoms with Gasteiger partial charge in [-0.05, 0) is 32.1 Å². The first-order valence-corrected chi connectivity index (χ1v) is 9.25. The maximum Gasteiger partial charge on any atom is 0.275 e. The van der Waals surface area contributed by atoms with Crippen LogP contribution >= 0.6 is 0 Å². The van der Waals surface area contributed by atoms with Crippen molar-refractivity contribution in [3.05, 3.63) is 17.8 Å². The fourth-order valence-electron chi connectivity index (χ4n) is 3.94. The van der Waals surface area contributed by atoms with Crippen molar-refractivity contribution in [2.24, 2.45) is 5.92 Å². The molecule has 1 aromatic rings. The highest BCUT2D eigenvalue weighted by Gasteiger charge is 2.42. The molecule has 0 N–H and O–H groups in total. The zero-order valence-electron chi connectivity index (χ0n) is 14.6. The molecular formula is C18H25N3O4. The predicted molar refractivity (Wildman–Crippen MR) is 89.0 cm³/mol. The fourth-order valence-corrected chi connectivity index (χ4v) is 3.94. The van der Waals surface area contributed by atoms with Gasteiger partial charge >= 0.3 is 0 Å². The van der Waals surface area contributed by atoms with Crippen molar-refractivity contribution in [2.75, 3.05) is 26.3 Å². The molecule has 7 heteroatoms. The first kappa shape index (κ1) is 16.6. The Morgan fingerprint density at radius 1 is 1.16 bits per heavy atom. The smallest absolute Gasteiger partial charge is 0.275 e. The number of aryl methyl sites for hydroxylation is 1. The summed E-state index contributed by atoms with van der Waals surface area (Å²) in [7, 11) is 0. The molecule has 3 aliphatic rings. The normalized spacial score (nSPS) is 24.5. The summed E-state index contributed by atoms with van der Waals surface area (Å²) < 4.78 is 10.6. The van der Waals surface area contributed by atoms with Crippen LogP contribution in [0.1, 0.15) is 48.5 Å². The second kappa shape index (κ2) is 6.78. The lowest BCUT2D eigenvalue weighted by molar-refractivity contribution is -0.139. The van der Waals surface area contributed by atoms with E-state index >= 15 is 0 Å². The number of aromatic nitrogens is 1. The van der Waals surface area contributed by atoms with Gasteiger partial charge in [0, 0.05) is 45.2 Å². The Kier molecular flexibility index (Phi) is 4.50.